The van der Waals surface area contributed by atoms with Crippen LogP contribution in [-0.2, 0) is 5.75 Å². The van der Waals surface area contributed by atoms with Gasteiger partial charge < -0.3 is 10.1 Å². The van der Waals surface area contributed by atoms with E-state index < -0.39 is 0 Å². The summed E-state index contributed by atoms with van der Waals surface area (Å²) in [5.74, 6) is 1.85. The van der Waals surface area contributed by atoms with E-state index in [9.17, 15) is 0 Å². The Morgan fingerprint density at radius 3 is 3.00 bits per heavy atom. The molecule has 18 heavy (non-hydrogen) atoms. The van der Waals surface area contributed by atoms with Crippen LogP contribution in [0.15, 0.2) is 35.4 Å². The number of anilines is 1. The molecule has 0 saturated heterocycles. The van der Waals surface area contributed by atoms with Gasteiger partial charge in [0.1, 0.15) is 5.75 Å². The fourth-order valence-electron chi connectivity index (χ4n) is 1.49. The summed E-state index contributed by atoms with van der Waals surface area (Å²) in [4.78, 5) is 6.75. The van der Waals surface area contributed by atoms with Crippen molar-refractivity contribution in [2.24, 2.45) is 0 Å². The van der Waals surface area contributed by atoms with Gasteiger partial charge in [0, 0.05) is 28.3 Å². The maximum atomic E-state index is 5.33. The van der Waals surface area contributed by atoms with E-state index in [1.807, 2.05) is 24.4 Å². The molecule has 2 rings (SSSR count). The Morgan fingerprint density at radius 1 is 1.39 bits per heavy atom. The summed E-state index contributed by atoms with van der Waals surface area (Å²) in [6, 6.07) is 8.08. The van der Waals surface area contributed by atoms with Crippen molar-refractivity contribution >= 4 is 28.2 Å². The molecule has 0 fully saturated rings. The maximum absolute atomic E-state index is 5.33. The number of rotatable bonds is 6. The van der Waals surface area contributed by atoms with E-state index in [1.165, 1.54) is 9.77 Å². The first-order valence-corrected chi connectivity index (χ1v) is 7.58. The molecule has 1 heterocycles. The van der Waals surface area contributed by atoms with Gasteiger partial charge in [-0.2, -0.15) is 0 Å². The van der Waals surface area contributed by atoms with Crippen LogP contribution in [0, 0.1) is 0 Å². The number of nitrogens with zero attached hydrogens (tertiary/aromatic N) is 1. The first-order valence-electron chi connectivity index (χ1n) is 5.78. The van der Waals surface area contributed by atoms with Gasteiger partial charge in [0.15, 0.2) is 5.13 Å². The van der Waals surface area contributed by atoms with Crippen LogP contribution in [0.4, 0.5) is 5.13 Å². The van der Waals surface area contributed by atoms with Crippen LogP contribution >= 0.6 is 23.1 Å². The van der Waals surface area contributed by atoms with Gasteiger partial charge >= 0.3 is 0 Å². The van der Waals surface area contributed by atoms with Crippen molar-refractivity contribution < 1.29 is 4.74 Å². The summed E-state index contributed by atoms with van der Waals surface area (Å²) >= 11 is 3.48. The molecule has 1 aromatic carbocycles. The smallest absolute Gasteiger partial charge is 0.182 e. The minimum absolute atomic E-state index is 0.909. The third-order valence-electron chi connectivity index (χ3n) is 2.32. The summed E-state index contributed by atoms with van der Waals surface area (Å²) < 4.78 is 5.33. The molecule has 1 aromatic heterocycles. The standard InChI is InChI=1S/C13H16N2OS2/c1-3-14-13-15-8-10(18-13)9-17-12-7-5-4-6-11(12)16-2/h4-8H,3,9H2,1-2H3,(H,14,15). The molecule has 2 aromatic rings. The fourth-order valence-corrected chi connectivity index (χ4v) is 3.42. The van der Waals surface area contributed by atoms with Gasteiger partial charge in [-0.25, -0.2) is 4.98 Å². The topological polar surface area (TPSA) is 34.2 Å². The first kappa shape index (κ1) is 13.2. The summed E-state index contributed by atoms with van der Waals surface area (Å²) in [7, 11) is 1.70. The third kappa shape index (κ3) is 3.40. The number of hydrogen-bond donors (Lipinski definition) is 1. The Bertz CT molecular complexity index is 499. The second-order valence-electron chi connectivity index (χ2n) is 3.60. The summed E-state index contributed by atoms with van der Waals surface area (Å²) in [5, 5.41) is 4.22. The Hall–Kier alpha value is -1.20. The molecular weight excluding hydrogens is 264 g/mol. The molecule has 3 nitrogen and oxygen atoms in total. The van der Waals surface area contributed by atoms with E-state index in [0.29, 0.717) is 0 Å². The lowest BCUT2D eigenvalue weighted by atomic mass is 10.3. The number of thiazole rings is 1. The Kier molecular flexibility index (Phi) is 4.90. The molecule has 0 radical (unpaired) electrons. The van der Waals surface area contributed by atoms with Gasteiger partial charge in [-0.1, -0.05) is 12.1 Å². The van der Waals surface area contributed by atoms with Crippen molar-refractivity contribution in [3.05, 3.63) is 35.3 Å². The van der Waals surface area contributed by atoms with Gasteiger partial charge in [0.25, 0.3) is 0 Å². The molecule has 0 atom stereocenters. The molecular formula is C13H16N2OS2. The molecule has 5 heteroatoms. The SMILES string of the molecule is CCNc1ncc(CSc2ccccc2OC)s1. The van der Waals surface area contributed by atoms with E-state index in [2.05, 4.69) is 23.3 Å². The second-order valence-corrected chi connectivity index (χ2v) is 5.73. The normalized spacial score (nSPS) is 10.3. The van der Waals surface area contributed by atoms with Crippen LogP contribution < -0.4 is 10.1 Å². The number of nitrogens with one attached hydrogen (secondary N) is 1. The lowest BCUT2D eigenvalue weighted by Gasteiger charge is -2.06. The average Bonchev–Trinajstić information content (AvgIpc) is 2.85. The first-order chi connectivity index (χ1) is 8.83. The van der Waals surface area contributed by atoms with Crippen LogP contribution in [0.1, 0.15) is 11.8 Å². The molecule has 96 valence electrons. The minimum atomic E-state index is 0.909. The number of ether oxygens (including phenoxy) is 1. The quantitative estimate of drug-likeness (QED) is 0.814. The Balaban J connectivity index is 1.97. The zero-order valence-corrected chi connectivity index (χ0v) is 12.1. The van der Waals surface area contributed by atoms with Gasteiger partial charge in [-0.3, -0.25) is 0 Å². The van der Waals surface area contributed by atoms with Crippen molar-refractivity contribution in [3.8, 4) is 5.75 Å². The van der Waals surface area contributed by atoms with E-state index in [4.69, 9.17) is 4.74 Å². The molecule has 0 unspecified atom stereocenters. The zero-order valence-electron chi connectivity index (χ0n) is 10.5. The van der Waals surface area contributed by atoms with Crippen LogP contribution in [0.3, 0.4) is 0 Å². The number of thioether (sulfide) groups is 1. The summed E-state index contributed by atoms with van der Waals surface area (Å²) in [6.45, 7) is 2.98. The second kappa shape index (κ2) is 6.66. The lowest BCUT2D eigenvalue weighted by Crippen LogP contribution is -1.94. The van der Waals surface area contributed by atoms with E-state index in [1.54, 1.807) is 30.2 Å². The molecule has 0 spiro atoms. The van der Waals surface area contributed by atoms with Crippen LogP contribution in [0.25, 0.3) is 0 Å². The number of methoxy groups -OCH3 is 1. The summed E-state index contributed by atoms with van der Waals surface area (Å²) in [6.07, 6.45) is 1.94. The van der Waals surface area contributed by atoms with Crippen molar-refractivity contribution in [2.45, 2.75) is 17.6 Å². The number of benzene rings is 1. The Morgan fingerprint density at radius 2 is 2.22 bits per heavy atom. The molecule has 0 saturated carbocycles. The lowest BCUT2D eigenvalue weighted by molar-refractivity contribution is 0.405. The predicted molar refractivity (Wildman–Crippen MR) is 78.8 cm³/mol. The van der Waals surface area contributed by atoms with Crippen molar-refractivity contribution in [3.63, 3.8) is 0 Å². The highest BCUT2D eigenvalue weighted by molar-refractivity contribution is 7.98. The average molecular weight is 280 g/mol. The predicted octanol–water partition coefficient (Wildman–Crippen LogP) is 3.88. The highest BCUT2D eigenvalue weighted by Crippen LogP contribution is 2.33. The monoisotopic (exact) mass is 280 g/mol. The molecule has 0 aliphatic carbocycles. The number of para-hydroxylation sites is 1. The molecule has 0 aliphatic heterocycles. The van der Waals surface area contributed by atoms with Crippen LogP contribution in [0.5, 0.6) is 5.75 Å². The minimum Gasteiger partial charge on any atom is -0.496 e. The highest BCUT2D eigenvalue weighted by Gasteiger charge is 2.05. The van der Waals surface area contributed by atoms with Gasteiger partial charge in [-0.15, -0.1) is 23.1 Å². The number of aromatic nitrogens is 1. The van der Waals surface area contributed by atoms with E-state index in [0.717, 1.165) is 23.2 Å². The van der Waals surface area contributed by atoms with Gasteiger partial charge in [0.05, 0.1) is 7.11 Å². The van der Waals surface area contributed by atoms with E-state index in [-0.39, 0.29) is 0 Å². The zero-order chi connectivity index (χ0) is 12.8. The third-order valence-corrected chi connectivity index (χ3v) is 4.56. The molecule has 0 aliphatic rings. The van der Waals surface area contributed by atoms with Crippen LogP contribution in [-0.4, -0.2) is 18.6 Å². The summed E-state index contributed by atoms with van der Waals surface area (Å²) in [5.41, 5.74) is 0. The van der Waals surface area contributed by atoms with Crippen molar-refractivity contribution in [1.82, 2.24) is 4.98 Å². The van der Waals surface area contributed by atoms with E-state index >= 15 is 0 Å². The van der Waals surface area contributed by atoms with Crippen LogP contribution in [0.2, 0.25) is 0 Å². The maximum Gasteiger partial charge on any atom is 0.182 e. The van der Waals surface area contributed by atoms with Gasteiger partial charge in [-0.05, 0) is 19.1 Å². The molecule has 0 amide bonds. The molecule has 1 N–H and O–H groups in total. The number of hydrogen-bond acceptors (Lipinski definition) is 5. The Labute approximate surface area is 116 Å². The highest BCUT2D eigenvalue weighted by atomic mass is 32.2. The van der Waals surface area contributed by atoms with Gasteiger partial charge in [0.2, 0.25) is 0 Å². The fraction of sp³-hybridized carbons (Fsp3) is 0.308. The van der Waals surface area contributed by atoms with Crippen molar-refractivity contribution in [1.29, 1.82) is 0 Å². The molecule has 0 bridgehead atoms. The largest absolute Gasteiger partial charge is 0.496 e. The van der Waals surface area contributed by atoms with Crippen molar-refractivity contribution in [2.75, 3.05) is 19.0 Å².